The van der Waals surface area contributed by atoms with Crippen LogP contribution in [0.2, 0.25) is 0 Å². The summed E-state index contributed by atoms with van der Waals surface area (Å²) in [7, 11) is -1.47. The molecule has 0 aromatic carbocycles. The van der Waals surface area contributed by atoms with Gasteiger partial charge in [-0.25, -0.2) is 0 Å². The minimum absolute atomic E-state index is 0.361. The van der Waals surface area contributed by atoms with Crippen LogP contribution >= 0.6 is 0 Å². The fourth-order valence-electron chi connectivity index (χ4n) is 1.05. The molecule has 1 rings (SSSR count). The van der Waals surface area contributed by atoms with Gasteiger partial charge in [0, 0.05) is 24.4 Å². The number of pyridine rings is 1. The molecule has 64 valence electrons. The second kappa shape index (κ2) is 3.66. The molecule has 0 atom stereocenters. The van der Waals surface area contributed by atoms with E-state index in [1.165, 1.54) is 6.20 Å². The van der Waals surface area contributed by atoms with Gasteiger partial charge in [0.25, 0.3) is 0 Å². The molecule has 0 aliphatic heterocycles. The maximum absolute atomic E-state index is 8.90. The van der Waals surface area contributed by atoms with E-state index < -0.39 is 7.12 Å². The Balaban J connectivity index is 3.14. The van der Waals surface area contributed by atoms with Crippen LogP contribution in [0.1, 0.15) is 11.1 Å². The molecular formula is C7H11BN2O2. The molecule has 4 N–H and O–H groups in total. The molecule has 0 bridgehead atoms. The van der Waals surface area contributed by atoms with Crippen LogP contribution < -0.4 is 11.2 Å². The average Bonchev–Trinajstić information content (AvgIpc) is 2.04. The average molecular weight is 166 g/mol. The van der Waals surface area contributed by atoms with Crippen LogP contribution in [0.15, 0.2) is 12.4 Å². The lowest BCUT2D eigenvalue weighted by atomic mass is 9.77. The van der Waals surface area contributed by atoms with E-state index >= 15 is 0 Å². The van der Waals surface area contributed by atoms with Crippen molar-refractivity contribution in [2.45, 2.75) is 13.5 Å². The van der Waals surface area contributed by atoms with E-state index in [0.717, 1.165) is 11.1 Å². The van der Waals surface area contributed by atoms with Gasteiger partial charge in [-0.3, -0.25) is 4.98 Å². The van der Waals surface area contributed by atoms with E-state index in [1.807, 2.05) is 0 Å². The Labute approximate surface area is 71.2 Å². The third kappa shape index (κ3) is 1.63. The van der Waals surface area contributed by atoms with Crippen LogP contribution in [-0.4, -0.2) is 22.2 Å². The van der Waals surface area contributed by atoms with Crippen molar-refractivity contribution in [1.82, 2.24) is 4.98 Å². The molecule has 0 unspecified atom stereocenters. The minimum Gasteiger partial charge on any atom is -0.423 e. The maximum Gasteiger partial charge on any atom is 0.490 e. The van der Waals surface area contributed by atoms with Crippen molar-refractivity contribution < 1.29 is 10.0 Å². The van der Waals surface area contributed by atoms with Crippen LogP contribution in [0.5, 0.6) is 0 Å². The molecule has 1 aromatic heterocycles. The van der Waals surface area contributed by atoms with Gasteiger partial charge in [0.15, 0.2) is 0 Å². The van der Waals surface area contributed by atoms with Crippen LogP contribution in [0, 0.1) is 6.92 Å². The summed E-state index contributed by atoms with van der Waals surface area (Å²) in [4.78, 5) is 3.84. The first-order chi connectivity index (χ1) is 5.66. The first-order valence-corrected chi connectivity index (χ1v) is 3.66. The SMILES string of the molecule is Cc1c(CN)cncc1B(O)O. The Morgan fingerprint density at radius 1 is 1.50 bits per heavy atom. The van der Waals surface area contributed by atoms with Gasteiger partial charge in [-0.1, -0.05) is 0 Å². The molecule has 0 fully saturated rings. The Kier molecular flexibility index (Phi) is 2.81. The van der Waals surface area contributed by atoms with Crippen LogP contribution in [0.3, 0.4) is 0 Å². The highest BCUT2D eigenvalue weighted by atomic mass is 16.4. The zero-order chi connectivity index (χ0) is 9.14. The molecule has 0 radical (unpaired) electrons. The van der Waals surface area contributed by atoms with Gasteiger partial charge in [-0.05, 0) is 18.1 Å². The highest BCUT2D eigenvalue weighted by Gasteiger charge is 2.15. The largest absolute Gasteiger partial charge is 0.490 e. The van der Waals surface area contributed by atoms with E-state index in [0.29, 0.717) is 12.0 Å². The molecule has 0 aliphatic rings. The van der Waals surface area contributed by atoms with Gasteiger partial charge >= 0.3 is 7.12 Å². The van der Waals surface area contributed by atoms with Crippen molar-refractivity contribution in [3.05, 3.63) is 23.5 Å². The standard InChI is InChI=1S/C7H11BN2O2/c1-5-6(2-9)3-10-4-7(5)8(11)12/h3-4,11-12H,2,9H2,1H3. The quantitative estimate of drug-likeness (QED) is 0.468. The van der Waals surface area contributed by atoms with Crippen molar-refractivity contribution in [3.63, 3.8) is 0 Å². The monoisotopic (exact) mass is 166 g/mol. The predicted octanol–water partition coefficient (Wildman–Crippen LogP) is -1.47. The van der Waals surface area contributed by atoms with E-state index in [9.17, 15) is 0 Å². The van der Waals surface area contributed by atoms with Gasteiger partial charge in [-0.15, -0.1) is 0 Å². The van der Waals surface area contributed by atoms with Crippen molar-refractivity contribution in [2.24, 2.45) is 5.73 Å². The maximum atomic E-state index is 8.90. The van der Waals surface area contributed by atoms with E-state index in [1.54, 1.807) is 13.1 Å². The fourth-order valence-corrected chi connectivity index (χ4v) is 1.05. The lowest BCUT2D eigenvalue weighted by Crippen LogP contribution is -2.33. The van der Waals surface area contributed by atoms with Crippen molar-refractivity contribution in [2.75, 3.05) is 0 Å². The first-order valence-electron chi connectivity index (χ1n) is 3.66. The third-order valence-corrected chi connectivity index (χ3v) is 1.86. The highest BCUT2D eigenvalue weighted by Crippen LogP contribution is 2.01. The van der Waals surface area contributed by atoms with Crippen LogP contribution in [0.4, 0.5) is 0 Å². The summed E-state index contributed by atoms with van der Waals surface area (Å²) in [6.07, 6.45) is 3.06. The number of hydrogen-bond acceptors (Lipinski definition) is 4. The molecule has 1 heterocycles. The Morgan fingerprint density at radius 3 is 2.67 bits per heavy atom. The van der Waals surface area contributed by atoms with Crippen molar-refractivity contribution in [3.8, 4) is 0 Å². The molecule has 5 heteroatoms. The Bertz CT molecular complexity index is 278. The topological polar surface area (TPSA) is 79.4 Å². The normalized spacial score (nSPS) is 10.0. The first kappa shape index (κ1) is 9.19. The summed E-state index contributed by atoms with van der Waals surface area (Å²) >= 11 is 0. The van der Waals surface area contributed by atoms with Crippen LogP contribution in [0.25, 0.3) is 0 Å². The zero-order valence-corrected chi connectivity index (χ0v) is 6.86. The Hall–Kier alpha value is -0.905. The molecule has 12 heavy (non-hydrogen) atoms. The third-order valence-electron chi connectivity index (χ3n) is 1.86. The summed E-state index contributed by atoms with van der Waals surface area (Å²) in [5.41, 5.74) is 7.46. The van der Waals surface area contributed by atoms with E-state index in [-0.39, 0.29) is 0 Å². The number of hydrogen-bond donors (Lipinski definition) is 3. The lowest BCUT2D eigenvalue weighted by molar-refractivity contribution is 0.425. The number of nitrogens with two attached hydrogens (primary N) is 1. The summed E-state index contributed by atoms with van der Waals surface area (Å²) in [6, 6.07) is 0. The summed E-state index contributed by atoms with van der Waals surface area (Å²) in [5.74, 6) is 0. The predicted molar refractivity (Wildman–Crippen MR) is 46.7 cm³/mol. The number of rotatable bonds is 2. The molecule has 0 amide bonds. The molecular weight excluding hydrogens is 155 g/mol. The van der Waals surface area contributed by atoms with Crippen molar-refractivity contribution >= 4 is 12.6 Å². The molecule has 0 saturated heterocycles. The van der Waals surface area contributed by atoms with E-state index in [4.69, 9.17) is 15.8 Å². The highest BCUT2D eigenvalue weighted by molar-refractivity contribution is 6.59. The summed E-state index contributed by atoms with van der Waals surface area (Å²) in [5, 5.41) is 17.8. The van der Waals surface area contributed by atoms with Crippen molar-refractivity contribution in [1.29, 1.82) is 0 Å². The minimum atomic E-state index is -1.47. The summed E-state index contributed by atoms with van der Waals surface area (Å²) < 4.78 is 0. The van der Waals surface area contributed by atoms with Gasteiger partial charge < -0.3 is 15.8 Å². The molecule has 0 aliphatic carbocycles. The number of aromatic nitrogens is 1. The second-order valence-corrected chi connectivity index (χ2v) is 2.59. The van der Waals surface area contributed by atoms with Gasteiger partial charge in [0.05, 0.1) is 0 Å². The lowest BCUT2D eigenvalue weighted by Gasteiger charge is -2.07. The smallest absolute Gasteiger partial charge is 0.423 e. The molecule has 0 spiro atoms. The van der Waals surface area contributed by atoms with Gasteiger partial charge in [0.1, 0.15) is 0 Å². The summed E-state index contributed by atoms with van der Waals surface area (Å²) in [6.45, 7) is 2.15. The molecule has 1 aromatic rings. The molecule has 0 saturated carbocycles. The second-order valence-electron chi connectivity index (χ2n) is 2.59. The van der Waals surface area contributed by atoms with Gasteiger partial charge in [-0.2, -0.15) is 0 Å². The van der Waals surface area contributed by atoms with Gasteiger partial charge in [0.2, 0.25) is 0 Å². The van der Waals surface area contributed by atoms with E-state index in [2.05, 4.69) is 4.98 Å². The Morgan fingerprint density at radius 2 is 2.17 bits per heavy atom. The van der Waals surface area contributed by atoms with Crippen LogP contribution in [-0.2, 0) is 6.54 Å². The number of nitrogens with zero attached hydrogens (tertiary/aromatic N) is 1. The zero-order valence-electron chi connectivity index (χ0n) is 6.86. The fraction of sp³-hybridized carbons (Fsp3) is 0.286. The molecule has 4 nitrogen and oxygen atoms in total.